The summed E-state index contributed by atoms with van der Waals surface area (Å²) in [5, 5.41) is 0. The van der Waals surface area contributed by atoms with Gasteiger partial charge in [0.2, 0.25) is 0 Å². The molecule has 1 rings (SSSR count). The normalized spacial score (nSPS) is 10.3. The zero-order valence-electron chi connectivity index (χ0n) is 9.49. The van der Waals surface area contributed by atoms with E-state index in [2.05, 4.69) is 26.5 Å². The molecule has 1 heteroatoms. The first kappa shape index (κ1) is 11.7. The van der Waals surface area contributed by atoms with Crippen LogP contribution in [-0.4, -0.2) is 5.78 Å². The fourth-order valence-electron chi connectivity index (χ4n) is 1.59. The summed E-state index contributed by atoms with van der Waals surface area (Å²) in [6.07, 6.45) is 3.10. The van der Waals surface area contributed by atoms with Gasteiger partial charge in [0.05, 0.1) is 0 Å². The molecule has 0 atom stereocenters. The molecule has 0 saturated heterocycles. The van der Waals surface area contributed by atoms with Gasteiger partial charge in [-0.15, -0.1) is 6.58 Å². The summed E-state index contributed by atoms with van der Waals surface area (Å²) in [4.78, 5) is 11.6. The van der Waals surface area contributed by atoms with Crippen LogP contribution in [0.25, 0.3) is 0 Å². The number of carbonyl (C=O) groups is 1. The maximum atomic E-state index is 11.6. The van der Waals surface area contributed by atoms with Crippen LogP contribution >= 0.6 is 0 Å². The predicted octanol–water partition coefficient (Wildman–Crippen LogP) is 3.64. The van der Waals surface area contributed by atoms with Crippen LogP contribution in [0.15, 0.2) is 36.9 Å². The van der Waals surface area contributed by atoms with Crippen molar-refractivity contribution in [1.29, 1.82) is 0 Å². The highest BCUT2D eigenvalue weighted by atomic mass is 16.1. The van der Waals surface area contributed by atoms with Gasteiger partial charge in [-0.1, -0.05) is 38.1 Å². The van der Waals surface area contributed by atoms with Gasteiger partial charge in [-0.3, -0.25) is 4.79 Å². The number of rotatable bonds is 5. The van der Waals surface area contributed by atoms with Crippen molar-refractivity contribution in [2.24, 2.45) is 5.92 Å². The monoisotopic (exact) mass is 202 g/mol. The molecule has 0 unspecified atom stereocenters. The Hall–Kier alpha value is -1.37. The SMILES string of the molecule is C=CCC(=O)c1cccc(CC(C)C)c1. The minimum Gasteiger partial charge on any atom is -0.294 e. The van der Waals surface area contributed by atoms with E-state index in [-0.39, 0.29) is 5.78 Å². The second-order valence-corrected chi connectivity index (χ2v) is 4.21. The van der Waals surface area contributed by atoms with Gasteiger partial charge in [0.15, 0.2) is 5.78 Å². The zero-order chi connectivity index (χ0) is 11.3. The Bertz CT molecular complexity index is 350. The Kier molecular flexibility index (Phi) is 4.29. The average molecular weight is 202 g/mol. The third kappa shape index (κ3) is 3.70. The molecule has 0 amide bonds. The van der Waals surface area contributed by atoms with E-state index in [1.54, 1.807) is 6.08 Å². The van der Waals surface area contributed by atoms with Crippen LogP contribution in [0.3, 0.4) is 0 Å². The largest absolute Gasteiger partial charge is 0.294 e. The molecule has 1 nitrogen and oxygen atoms in total. The zero-order valence-corrected chi connectivity index (χ0v) is 9.49. The Labute approximate surface area is 91.8 Å². The van der Waals surface area contributed by atoms with Crippen LogP contribution in [0.2, 0.25) is 0 Å². The molecule has 0 N–H and O–H groups in total. The first-order valence-electron chi connectivity index (χ1n) is 5.36. The number of allylic oxidation sites excluding steroid dienone is 1. The van der Waals surface area contributed by atoms with E-state index in [9.17, 15) is 4.79 Å². The molecular weight excluding hydrogens is 184 g/mol. The van der Waals surface area contributed by atoms with E-state index in [1.165, 1.54) is 5.56 Å². The molecule has 0 radical (unpaired) electrons. The summed E-state index contributed by atoms with van der Waals surface area (Å²) in [6.45, 7) is 7.93. The molecule has 0 aliphatic carbocycles. The van der Waals surface area contributed by atoms with Gasteiger partial charge in [-0.25, -0.2) is 0 Å². The van der Waals surface area contributed by atoms with Crippen LogP contribution in [0.4, 0.5) is 0 Å². The smallest absolute Gasteiger partial charge is 0.166 e. The lowest BCUT2D eigenvalue weighted by molar-refractivity contribution is 0.0996. The highest BCUT2D eigenvalue weighted by molar-refractivity contribution is 5.97. The lowest BCUT2D eigenvalue weighted by atomic mass is 9.99. The summed E-state index contributed by atoms with van der Waals surface area (Å²) in [5.74, 6) is 0.769. The molecule has 0 saturated carbocycles. The van der Waals surface area contributed by atoms with Crippen molar-refractivity contribution in [3.63, 3.8) is 0 Å². The van der Waals surface area contributed by atoms with Crippen molar-refractivity contribution in [2.75, 3.05) is 0 Å². The van der Waals surface area contributed by atoms with Crippen molar-refractivity contribution in [2.45, 2.75) is 26.7 Å². The first-order valence-corrected chi connectivity index (χ1v) is 5.36. The fraction of sp³-hybridized carbons (Fsp3) is 0.357. The maximum Gasteiger partial charge on any atom is 0.166 e. The lowest BCUT2D eigenvalue weighted by Gasteiger charge is -2.06. The summed E-state index contributed by atoms with van der Waals surface area (Å²) in [6, 6.07) is 7.89. The molecule has 1 aromatic rings. The standard InChI is InChI=1S/C14H18O/c1-4-6-14(15)13-8-5-7-12(10-13)9-11(2)3/h4-5,7-8,10-11H,1,6,9H2,2-3H3. The molecule has 0 aliphatic heterocycles. The van der Waals surface area contributed by atoms with Gasteiger partial charge in [0.25, 0.3) is 0 Å². The Balaban J connectivity index is 2.82. The van der Waals surface area contributed by atoms with Crippen LogP contribution in [0.5, 0.6) is 0 Å². The molecule has 0 aliphatic rings. The minimum atomic E-state index is 0.149. The quantitative estimate of drug-likeness (QED) is 0.526. The number of Topliss-reactive ketones (excluding diaryl/α,β-unsaturated/α-hetero) is 1. The van der Waals surface area contributed by atoms with Crippen LogP contribution in [0.1, 0.15) is 36.2 Å². The summed E-state index contributed by atoms with van der Waals surface area (Å²) >= 11 is 0. The van der Waals surface area contributed by atoms with Gasteiger partial charge < -0.3 is 0 Å². The van der Waals surface area contributed by atoms with Crippen LogP contribution in [-0.2, 0) is 6.42 Å². The highest BCUT2D eigenvalue weighted by Gasteiger charge is 2.05. The molecule has 15 heavy (non-hydrogen) atoms. The predicted molar refractivity (Wildman–Crippen MR) is 64.1 cm³/mol. The Morgan fingerprint density at radius 1 is 1.47 bits per heavy atom. The molecule has 0 spiro atoms. The van der Waals surface area contributed by atoms with E-state index >= 15 is 0 Å². The first-order chi connectivity index (χ1) is 7.13. The van der Waals surface area contributed by atoms with E-state index in [4.69, 9.17) is 0 Å². The third-order valence-electron chi connectivity index (χ3n) is 2.22. The Morgan fingerprint density at radius 3 is 2.80 bits per heavy atom. The molecule has 80 valence electrons. The van der Waals surface area contributed by atoms with Gasteiger partial charge in [0.1, 0.15) is 0 Å². The average Bonchev–Trinajstić information content (AvgIpc) is 2.17. The van der Waals surface area contributed by atoms with Crippen molar-refractivity contribution in [3.8, 4) is 0 Å². The van der Waals surface area contributed by atoms with Gasteiger partial charge >= 0.3 is 0 Å². The van der Waals surface area contributed by atoms with Gasteiger partial charge in [-0.05, 0) is 24.0 Å². The van der Waals surface area contributed by atoms with Gasteiger partial charge in [-0.2, -0.15) is 0 Å². The maximum absolute atomic E-state index is 11.6. The van der Waals surface area contributed by atoms with E-state index < -0.39 is 0 Å². The molecule has 0 bridgehead atoms. The van der Waals surface area contributed by atoms with Crippen LogP contribution in [0, 0.1) is 5.92 Å². The van der Waals surface area contributed by atoms with E-state index in [1.807, 2.05) is 18.2 Å². The van der Waals surface area contributed by atoms with Gasteiger partial charge in [0, 0.05) is 12.0 Å². The second-order valence-electron chi connectivity index (χ2n) is 4.21. The molecule has 0 aromatic heterocycles. The van der Waals surface area contributed by atoms with Crippen molar-refractivity contribution in [1.82, 2.24) is 0 Å². The summed E-state index contributed by atoms with van der Waals surface area (Å²) in [5.41, 5.74) is 2.04. The van der Waals surface area contributed by atoms with Crippen molar-refractivity contribution < 1.29 is 4.79 Å². The highest BCUT2D eigenvalue weighted by Crippen LogP contribution is 2.12. The van der Waals surface area contributed by atoms with Crippen molar-refractivity contribution in [3.05, 3.63) is 48.0 Å². The van der Waals surface area contributed by atoms with E-state index in [0.29, 0.717) is 12.3 Å². The molecule has 0 heterocycles. The molecule has 1 aromatic carbocycles. The van der Waals surface area contributed by atoms with Crippen molar-refractivity contribution >= 4 is 5.78 Å². The number of benzene rings is 1. The lowest BCUT2D eigenvalue weighted by Crippen LogP contribution is -2.00. The topological polar surface area (TPSA) is 17.1 Å². The Morgan fingerprint density at radius 2 is 2.20 bits per heavy atom. The molecular formula is C14H18O. The number of hydrogen-bond donors (Lipinski definition) is 0. The summed E-state index contributed by atoms with van der Waals surface area (Å²) < 4.78 is 0. The number of ketones is 1. The second kappa shape index (κ2) is 5.50. The number of hydrogen-bond acceptors (Lipinski definition) is 1. The fourth-order valence-corrected chi connectivity index (χ4v) is 1.59. The third-order valence-corrected chi connectivity index (χ3v) is 2.22. The minimum absolute atomic E-state index is 0.149. The molecule has 0 fully saturated rings. The number of carbonyl (C=O) groups excluding carboxylic acids is 1. The van der Waals surface area contributed by atoms with Crippen LogP contribution < -0.4 is 0 Å². The summed E-state index contributed by atoms with van der Waals surface area (Å²) in [7, 11) is 0. The van der Waals surface area contributed by atoms with E-state index in [0.717, 1.165) is 12.0 Å².